The largest absolute Gasteiger partial charge is 0.325 e. The Morgan fingerprint density at radius 1 is 1.26 bits per heavy atom. The first-order chi connectivity index (χ1) is 11.0. The van der Waals surface area contributed by atoms with Gasteiger partial charge in [-0.25, -0.2) is 0 Å². The molecule has 0 aliphatic heterocycles. The van der Waals surface area contributed by atoms with Gasteiger partial charge >= 0.3 is 0 Å². The zero-order valence-electron chi connectivity index (χ0n) is 12.4. The van der Waals surface area contributed by atoms with Gasteiger partial charge in [-0.15, -0.1) is 11.8 Å². The van der Waals surface area contributed by atoms with Crippen molar-refractivity contribution < 1.29 is 9.72 Å². The van der Waals surface area contributed by atoms with E-state index in [9.17, 15) is 14.9 Å². The molecule has 1 N–H and O–H groups in total. The highest BCUT2D eigenvalue weighted by Crippen LogP contribution is 2.25. The summed E-state index contributed by atoms with van der Waals surface area (Å²) in [6.45, 7) is 1.62. The number of nitro benzene ring substituents is 1. The second kappa shape index (κ2) is 7.99. The second-order valence-electron chi connectivity index (χ2n) is 4.87. The molecule has 0 unspecified atom stereocenters. The number of rotatable bonds is 6. The molecule has 7 heteroatoms. The van der Waals surface area contributed by atoms with E-state index in [-0.39, 0.29) is 17.3 Å². The number of amides is 1. The number of anilines is 1. The normalized spacial score (nSPS) is 10.3. The summed E-state index contributed by atoms with van der Waals surface area (Å²) >= 11 is 7.28. The van der Waals surface area contributed by atoms with Crippen LogP contribution in [-0.4, -0.2) is 16.6 Å². The van der Waals surface area contributed by atoms with Gasteiger partial charge in [0.25, 0.3) is 5.69 Å². The highest BCUT2D eigenvalue weighted by atomic mass is 35.5. The van der Waals surface area contributed by atoms with Crippen LogP contribution in [0, 0.1) is 17.0 Å². The maximum atomic E-state index is 12.0. The minimum Gasteiger partial charge on any atom is -0.325 e. The summed E-state index contributed by atoms with van der Waals surface area (Å²) in [7, 11) is 0. The zero-order chi connectivity index (χ0) is 16.8. The van der Waals surface area contributed by atoms with Crippen molar-refractivity contribution in [1.82, 2.24) is 0 Å². The standard InChI is InChI=1S/C16H15ClN2O3S/c1-11-14(3-2-4-15(11)19(21)22)18-16(20)10-23-9-12-5-7-13(17)8-6-12/h2-8H,9-10H2,1H3,(H,18,20). The van der Waals surface area contributed by atoms with E-state index in [2.05, 4.69) is 5.32 Å². The molecular formula is C16H15ClN2O3S. The van der Waals surface area contributed by atoms with Gasteiger partial charge in [-0.1, -0.05) is 29.8 Å². The maximum Gasteiger partial charge on any atom is 0.274 e. The number of halogens is 1. The Balaban J connectivity index is 1.89. The number of hydrogen-bond donors (Lipinski definition) is 1. The molecule has 0 saturated carbocycles. The van der Waals surface area contributed by atoms with Crippen LogP contribution in [0.5, 0.6) is 0 Å². The summed E-state index contributed by atoms with van der Waals surface area (Å²) in [6.07, 6.45) is 0. The Morgan fingerprint density at radius 3 is 2.61 bits per heavy atom. The van der Waals surface area contributed by atoms with Gasteiger partial charge in [0, 0.05) is 16.8 Å². The number of carbonyl (C=O) groups is 1. The number of benzene rings is 2. The monoisotopic (exact) mass is 350 g/mol. The lowest BCUT2D eigenvalue weighted by molar-refractivity contribution is -0.385. The molecule has 2 aromatic rings. The summed E-state index contributed by atoms with van der Waals surface area (Å²) in [4.78, 5) is 22.4. The number of carbonyl (C=O) groups excluding carboxylic acids is 1. The fourth-order valence-corrected chi connectivity index (χ4v) is 2.90. The number of nitro groups is 1. The van der Waals surface area contributed by atoms with Crippen molar-refractivity contribution in [2.75, 3.05) is 11.1 Å². The molecule has 1 amide bonds. The average Bonchev–Trinajstić information content (AvgIpc) is 2.51. The third kappa shape index (κ3) is 4.97. The van der Waals surface area contributed by atoms with Crippen LogP contribution in [0.3, 0.4) is 0 Å². The molecule has 0 atom stereocenters. The molecular weight excluding hydrogens is 336 g/mol. The van der Waals surface area contributed by atoms with Gasteiger partial charge in [-0.3, -0.25) is 14.9 Å². The highest BCUT2D eigenvalue weighted by molar-refractivity contribution is 7.99. The number of nitrogens with zero attached hydrogens (tertiary/aromatic N) is 1. The molecule has 0 saturated heterocycles. The Kier molecular flexibility index (Phi) is 6.01. The lowest BCUT2D eigenvalue weighted by atomic mass is 10.1. The predicted octanol–water partition coefficient (Wildman–Crippen LogP) is 4.43. The van der Waals surface area contributed by atoms with Crippen molar-refractivity contribution in [3.05, 3.63) is 68.7 Å². The summed E-state index contributed by atoms with van der Waals surface area (Å²) in [5.41, 5.74) is 2.00. The topological polar surface area (TPSA) is 72.2 Å². The van der Waals surface area contributed by atoms with E-state index in [0.29, 0.717) is 22.0 Å². The van der Waals surface area contributed by atoms with Gasteiger partial charge < -0.3 is 5.32 Å². The second-order valence-corrected chi connectivity index (χ2v) is 6.30. The van der Waals surface area contributed by atoms with Gasteiger partial charge in [-0.2, -0.15) is 0 Å². The minimum atomic E-state index is -0.458. The highest BCUT2D eigenvalue weighted by Gasteiger charge is 2.14. The van der Waals surface area contributed by atoms with E-state index >= 15 is 0 Å². The lowest BCUT2D eigenvalue weighted by Crippen LogP contribution is -2.15. The lowest BCUT2D eigenvalue weighted by Gasteiger charge is -2.08. The van der Waals surface area contributed by atoms with Crippen LogP contribution in [0.2, 0.25) is 5.02 Å². The van der Waals surface area contributed by atoms with E-state index < -0.39 is 4.92 Å². The fraction of sp³-hybridized carbons (Fsp3) is 0.188. The minimum absolute atomic E-state index is 0.00313. The van der Waals surface area contributed by atoms with Gasteiger partial charge in [-0.05, 0) is 30.7 Å². The first-order valence-electron chi connectivity index (χ1n) is 6.83. The first kappa shape index (κ1) is 17.3. The van der Waals surface area contributed by atoms with Gasteiger partial charge in [0.1, 0.15) is 0 Å². The molecule has 0 heterocycles. The SMILES string of the molecule is Cc1c(NC(=O)CSCc2ccc(Cl)cc2)cccc1[N+](=O)[O-]. The predicted molar refractivity (Wildman–Crippen MR) is 94.1 cm³/mol. The van der Waals surface area contributed by atoms with Crippen LogP contribution in [0.15, 0.2) is 42.5 Å². The number of hydrogen-bond acceptors (Lipinski definition) is 4. The molecule has 23 heavy (non-hydrogen) atoms. The van der Waals surface area contributed by atoms with Crippen molar-refractivity contribution >= 4 is 40.6 Å². The summed E-state index contributed by atoms with van der Waals surface area (Å²) in [5.74, 6) is 0.774. The average molecular weight is 351 g/mol. The molecule has 0 fully saturated rings. The first-order valence-corrected chi connectivity index (χ1v) is 8.36. The Morgan fingerprint density at radius 2 is 1.96 bits per heavy atom. The fourth-order valence-electron chi connectivity index (χ4n) is 1.99. The summed E-state index contributed by atoms with van der Waals surface area (Å²) in [5, 5.41) is 14.3. The van der Waals surface area contributed by atoms with Gasteiger partial charge in [0.15, 0.2) is 0 Å². The van der Waals surface area contributed by atoms with Gasteiger partial charge in [0.2, 0.25) is 5.91 Å². The Hall–Kier alpha value is -2.05. The maximum absolute atomic E-state index is 12.0. The molecule has 0 bridgehead atoms. The van der Waals surface area contributed by atoms with E-state index in [1.165, 1.54) is 17.8 Å². The van der Waals surface area contributed by atoms with Crippen LogP contribution < -0.4 is 5.32 Å². The third-order valence-corrected chi connectivity index (χ3v) is 4.45. The van der Waals surface area contributed by atoms with Crippen LogP contribution in [0.1, 0.15) is 11.1 Å². The van der Waals surface area contributed by atoms with Crippen molar-refractivity contribution in [3.63, 3.8) is 0 Å². The summed E-state index contributed by atoms with van der Waals surface area (Å²) in [6, 6.07) is 12.1. The van der Waals surface area contributed by atoms with E-state index in [1.54, 1.807) is 19.1 Å². The Labute approximate surface area is 143 Å². The molecule has 0 aromatic heterocycles. The van der Waals surface area contributed by atoms with E-state index in [0.717, 1.165) is 5.56 Å². The molecule has 5 nitrogen and oxygen atoms in total. The van der Waals surface area contributed by atoms with Crippen LogP contribution in [0.25, 0.3) is 0 Å². The molecule has 0 aliphatic carbocycles. The Bertz CT molecular complexity index is 720. The summed E-state index contributed by atoms with van der Waals surface area (Å²) < 4.78 is 0. The molecule has 0 spiro atoms. The third-order valence-electron chi connectivity index (χ3n) is 3.19. The van der Waals surface area contributed by atoms with Crippen molar-refractivity contribution in [1.29, 1.82) is 0 Å². The van der Waals surface area contributed by atoms with E-state index in [1.807, 2.05) is 24.3 Å². The number of thioether (sulfide) groups is 1. The molecule has 2 rings (SSSR count). The molecule has 120 valence electrons. The zero-order valence-corrected chi connectivity index (χ0v) is 14.0. The van der Waals surface area contributed by atoms with Crippen LogP contribution >= 0.6 is 23.4 Å². The molecule has 0 radical (unpaired) electrons. The van der Waals surface area contributed by atoms with Crippen molar-refractivity contribution in [2.45, 2.75) is 12.7 Å². The number of nitrogens with one attached hydrogen (secondary N) is 1. The van der Waals surface area contributed by atoms with Crippen molar-refractivity contribution in [2.24, 2.45) is 0 Å². The molecule has 2 aromatic carbocycles. The van der Waals surface area contributed by atoms with Gasteiger partial charge in [0.05, 0.1) is 21.9 Å². The quantitative estimate of drug-likeness (QED) is 0.618. The van der Waals surface area contributed by atoms with Crippen molar-refractivity contribution in [3.8, 4) is 0 Å². The van der Waals surface area contributed by atoms with Crippen LogP contribution in [-0.2, 0) is 10.5 Å². The smallest absolute Gasteiger partial charge is 0.274 e. The molecule has 0 aliphatic rings. The van der Waals surface area contributed by atoms with Crippen LogP contribution in [0.4, 0.5) is 11.4 Å². The van der Waals surface area contributed by atoms with E-state index in [4.69, 9.17) is 11.6 Å².